The molecule has 21 heavy (non-hydrogen) atoms. The molecule has 0 fully saturated rings. The molecule has 0 spiro atoms. The molecule has 0 aliphatic heterocycles. The zero-order valence-corrected chi connectivity index (χ0v) is 13.6. The van der Waals surface area contributed by atoms with E-state index >= 15 is 0 Å². The minimum absolute atomic E-state index is 0.309. The third-order valence-electron chi connectivity index (χ3n) is 2.90. The molecule has 0 saturated carbocycles. The molecule has 0 aliphatic rings. The van der Waals surface area contributed by atoms with Gasteiger partial charge in [0.05, 0.1) is 5.56 Å². The average molecular weight is 320 g/mol. The van der Waals surface area contributed by atoms with E-state index in [4.69, 9.17) is 0 Å². The van der Waals surface area contributed by atoms with Crippen LogP contribution >= 0.6 is 11.8 Å². The number of nitrogens with zero attached hydrogens (tertiary/aromatic N) is 1. The maximum absolute atomic E-state index is 13.2. The molecule has 1 N–H and O–H groups in total. The Morgan fingerprint density at radius 2 is 1.95 bits per heavy atom. The third-order valence-corrected chi connectivity index (χ3v) is 3.96. The zero-order valence-electron chi connectivity index (χ0n) is 12.8. The molecule has 0 aliphatic carbocycles. The molecule has 0 aromatic heterocycles. The number of hydrogen-bond acceptors (Lipinski definition) is 3. The molecule has 0 radical (unpaired) electrons. The highest BCUT2D eigenvalue weighted by Gasteiger charge is 2.33. The molecule has 0 heterocycles. The SMILES string of the molecule is CCCNCc1ccc(SCCN(C)C)c(C(F)(F)F)c1. The van der Waals surface area contributed by atoms with Crippen molar-refractivity contribution in [1.82, 2.24) is 10.2 Å². The van der Waals surface area contributed by atoms with Crippen LogP contribution in [0.25, 0.3) is 0 Å². The van der Waals surface area contributed by atoms with Crippen molar-refractivity contribution in [2.45, 2.75) is 31.0 Å². The number of nitrogens with one attached hydrogen (secondary N) is 1. The minimum Gasteiger partial charge on any atom is -0.313 e. The van der Waals surface area contributed by atoms with Crippen molar-refractivity contribution >= 4 is 11.8 Å². The first-order chi connectivity index (χ1) is 9.84. The predicted molar refractivity (Wildman–Crippen MR) is 82.7 cm³/mol. The van der Waals surface area contributed by atoms with Crippen molar-refractivity contribution in [3.05, 3.63) is 29.3 Å². The van der Waals surface area contributed by atoms with E-state index in [2.05, 4.69) is 5.32 Å². The minimum atomic E-state index is -4.30. The Kier molecular flexibility index (Phi) is 7.56. The van der Waals surface area contributed by atoms with Gasteiger partial charge in [0.15, 0.2) is 0 Å². The molecule has 0 unspecified atom stereocenters. The second kappa shape index (κ2) is 8.66. The second-order valence-electron chi connectivity index (χ2n) is 5.16. The lowest BCUT2D eigenvalue weighted by Gasteiger charge is -2.15. The van der Waals surface area contributed by atoms with E-state index in [9.17, 15) is 13.2 Å². The Balaban J connectivity index is 2.82. The second-order valence-corrected chi connectivity index (χ2v) is 6.29. The van der Waals surface area contributed by atoms with Crippen LogP contribution in [0.5, 0.6) is 0 Å². The predicted octanol–water partition coefficient (Wildman–Crippen LogP) is 3.86. The summed E-state index contributed by atoms with van der Waals surface area (Å²) in [4.78, 5) is 2.27. The largest absolute Gasteiger partial charge is 0.417 e. The van der Waals surface area contributed by atoms with E-state index in [1.807, 2.05) is 25.9 Å². The van der Waals surface area contributed by atoms with E-state index in [-0.39, 0.29) is 0 Å². The lowest BCUT2D eigenvalue weighted by Crippen LogP contribution is -2.16. The van der Waals surface area contributed by atoms with Gasteiger partial charge in [-0.2, -0.15) is 13.2 Å². The van der Waals surface area contributed by atoms with Crippen LogP contribution in [0.3, 0.4) is 0 Å². The van der Waals surface area contributed by atoms with Crippen molar-refractivity contribution in [2.24, 2.45) is 0 Å². The van der Waals surface area contributed by atoms with Gasteiger partial charge in [0.25, 0.3) is 0 Å². The normalized spacial score (nSPS) is 12.1. The van der Waals surface area contributed by atoms with Gasteiger partial charge in [-0.1, -0.05) is 13.0 Å². The highest BCUT2D eigenvalue weighted by atomic mass is 32.2. The van der Waals surface area contributed by atoms with Crippen LogP contribution in [0, 0.1) is 0 Å². The van der Waals surface area contributed by atoms with Gasteiger partial charge in [0, 0.05) is 23.7 Å². The number of alkyl halides is 3. The number of thioether (sulfide) groups is 1. The molecule has 1 aromatic rings. The fourth-order valence-corrected chi connectivity index (χ4v) is 2.95. The van der Waals surface area contributed by atoms with E-state index in [1.165, 1.54) is 17.8 Å². The Labute approximate surface area is 129 Å². The van der Waals surface area contributed by atoms with E-state index in [1.54, 1.807) is 12.1 Å². The molecule has 0 amide bonds. The van der Waals surface area contributed by atoms with Crippen LogP contribution in [-0.4, -0.2) is 37.8 Å². The molecule has 120 valence electrons. The number of halogens is 3. The fraction of sp³-hybridized carbons (Fsp3) is 0.600. The summed E-state index contributed by atoms with van der Waals surface area (Å²) < 4.78 is 39.5. The fourth-order valence-electron chi connectivity index (χ4n) is 1.78. The molecule has 2 nitrogen and oxygen atoms in total. The first kappa shape index (κ1) is 18.3. The summed E-state index contributed by atoms with van der Waals surface area (Å²) in [6, 6.07) is 4.63. The van der Waals surface area contributed by atoms with E-state index in [0.29, 0.717) is 22.8 Å². The molecular weight excluding hydrogens is 297 g/mol. The molecular formula is C15H23F3N2S. The van der Waals surface area contributed by atoms with Crippen LogP contribution in [0.1, 0.15) is 24.5 Å². The summed E-state index contributed by atoms with van der Waals surface area (Å²) in [7, 11) is 3.82. The molecule has 6 heteroatoms. The van der Waals surface area contributed by atoms with Gasteiger partial charge in [-0.25, -0.2) is 0 Å². The van der Waals surface area contributed by atoms with Gasteiger partial charge in [0.2, 0.25) is 0 Å². The maximum Gasteiger partial charge on any atom is 0.417 e. The van der Waals surface area contributed by atoms with Crippen molar-refractivity contribution in [3.63, 3.8) is 0 Å². The first-order valence-electron chi connectivity index (χ1n) is 7.03. The van der Waals surface area contributed by atoms with Gasteiger partial charge in [0.1, 0.15) is 0 Å². The molecule has 1 rings (SSSR count). The van der Waals surface area contributed by atoms with Crippen LogP contribution in [0.15, 0.2) is 23.1 Å². The Morgan fingerprint density at radius 3 is 2.52 bits per heavy atom. The van der Waals surface area contributed by atoms with Gasteiger partial charge in [-0.05, 0) is 44.8 Å². The van der Waals surface area contributed by atoms with Crippen LogP contribution in [0.2, 0.25) is 0 Å². The van der Waals surface area contributed by atoms with Gasteiger partial charge >= 0.3 is 6.18 Å². The van der Waals surface area contributed by atoms with Crippen molar-refractivity contribution in [3.8, 4) is 0 Å². The van der Waals surface area contributed by atoms with Crippen molar-refractivity contribution in [1.29, 1.82) is 0 Å². The lowest BCUT2D eigenvalue weighted by atomic mass is 10.1. The molecule has 0 bridgehead atoms. The Morgan fingerprint density at radius 1 is 1.24 bits per heavy atom. The summed E-state index contributed by atoms with van der Waals surface area (Å²) in [6.07, 6.45) is -3.34. The van der Waals surface area contributed by atoms with Gasteiger partial charge in [-0.15, -0.1) is 11.8 Å². The maximum atomic E-state index is 13.2. The smallest absolute Gasteiger partial charge is 0.313 e. The summed E-state index contributed by atoms with van der Waals surface area (Å²) in [5, 5.41) is 3.13. The van der Waals surface area contributed by atoms with Crippen LogP contribution < -0.4 is 5.32 Å². The highest BCUT2D eigenvalue weighted by molar-refractivity contribution is 7.99. The van der Waals surface area contributed by atoms with E-state index < -0.39 is 11.7 Å². The van der Waals surface area contributed by atoms with Gasteiger partial charge < -0.3 is 10.2 Å². The summed E-state index contributed by atoms with van der Waals surface area (Å²) in [5.74, 6) is 0.642. The van der Waals surface area contributed by atoms with Crippen LogP contribution in [-0.2, 0) is 12.7 Å². The Bertz CT molecular complexity index is 433. The quantitative estimate of drug-likeness (QED) is 0.578. The van der Waals surface area contributed by atoms with Gasteiger partial charge in [-0.3, -0.25) is 0 Å². The van der Waals surface area contributed by atoms with E-state index in [0.717, 1.165) is 19.5 Å². The monoisotopic (exact) mass is 320 g/mol. The number of hydrogen-bond donors (Lipinski definition) is 1. The summed E-state index contributed by atoms with van der Waals surface area (Å²) >= 11 is 1.26. The summed E-state index contributed by atoms with van der Waals surface area (Å²) in [6.45, 7) is 4.06. The zero-order chi connectivity index (χ0) is 15.9. The molecule has 1 aromatic carbocycles. The van der Waals surface area contributed by atoms with Crippen molar-refractivity contribution < 1.29 is 13.2 Å². The average Bonchev–Trinajstić information content (AvgIpc) is 2.38. The van der Waals surface area contributed by atoms with Crippen LogP contribution in [0.4, 0.5) is 13.2 Å². The lowest BCUT2D eigenvalue weighted by molar-refractivity contribution is -0.139. The standard InChI is InChI=1S/C15H23F3N2S/c1-4-7-19-11-12-5-6-14(21-9-8-20(2)3)13(10-12)15(16,17)18/h5-6,10,19H,4,7-9,11H2,1-3H3. The topological polar surface area (TPSA) is 15.3 Å². The first-order valence-corrected chi connectivity index (χ1v) is 8.01. The number of benzene rings is 1. The van der Waals surface area contributed by atoms with Crippen molar-refractivity contribution in [2.75, 3.05) is 32.9 Å². The Hall–Kier alpha value is -0.720. The third kappa shape index (κ3) is 6.72. The highest BCUT2D eigenvalue weighted by Crippen LogP contribution is 2.37. The number of rotatable bonds is 8. The molecule has 0 saturated heterocycles. The molecule has 0 atom stereocenters. The summed E-state index contributed by atoms with van der Waals surface area (Å²) in [5.41, 5.74) is 0.148.